The van der Waals surface area contributed by atoms with E-state index in [-0.39, 0.29) is 23.9 Å². The minimum atomic E-state index is 0.0310. The highest BCUT2D eigenvalue weighted by Crippen LogP contribution is 2.26. The predicted octanol–water partition coefficient (Wildman–Crippen LogP) is 6.83. The SMILES string of the molecule is O=C([B]C1CCCCCCC1)NC1CCCCC(NC(=O)NC2CCCCCCC2)CCC1. The molecule has 0 saturated heterocycles. The van der Waals surface area contributed by atoms with Crippen LogP contribution in [-0.4, -0.2) is 37.2 Å². The van der Waals surface area contributed by atoms with E-state index in [0.717, 1.165) is 57.8 Å². The monoisotopic (exact) mass is 458 g/mol. The van der Waals surface area contributed by atoms with E-state index >= 15 is 0 Å². The lowest BCUT2D eigenvalue weighted by Crippen LogP contribution is -2.46. The van der Waals surface area contributed by atoms with Gasteiger partial charge in [-0.25, -0.2) is 4.79 Å². The van der Waals surface area contributed by atoms with E-state index in [1.165, 1.54) is 77.0 Å². The third kappa shape index (κ3) is 11.2. The van der Waals surface area contributed by atoms with Gasteiger partial charge in [-0.05, 0) is 44.9 Å². The summed E-state index contributed by atoms with van der Waals surface area (Å²) in [6.07, 6.45) is 25.0. The molecule has 2 atom stereocenters. The van der Waals surface area contributed by atoms with Gasteiger partial charge in [0.05, 0.1) is 0 Å². The Morgan fingerprint density at radius 2 is 0.818 bits per heavy atom. The first kappa shape index (κ1) is 26.4. The average Bonchev–Trinajstić information content (AvgIpc) is 2.84. The van der Waals surface area contributed by atoms with Crippen LogP contribution in [0.4, 0.5) is 9.59 Å². The standard InChI is InChI=1S/C27H49BN3O2/c32-26(28-22-14-7-3-1-4-8-15-22)29-23-18-11-12-19-25(21-13-20-23)31-27(33)30-24-16-9-5-2-6-10-17-24/h22-25H,1-21H2,(H,29,32)(H2,30,31,33). The van der Waals surface area contributed by atoms with Crippen molar-refractivity contribution >= 4 is 19.1 Å². The third-order valence-electron chi connectivity index (χ3n) is 8.12. The van der Waals surface area contributed by atoms with E-state index in [0.29, 0.717) is 11.9 Å². The van der Waals surface area contributed by atoms with Crippen LogP contribution in [0.25, 0.3) is 0 Å². The van der Waals surface area contributed by atoms with Crippen LogP contribution < -0.4 is 16.0 Å². The van der Waals surface area contributed by atoms with Crippen molar-refractivity contribution in [1.82, 2.24) is 16.0 Å². The number of nitrogens with one attached hydrogen (secondary N) is 3. The Hall–Kier alpha value is -1.20. The number of amides is 3. The summed E-state index contributed by atoms with van der Waals surface area (Å²) in [7, 11) is 1.99. The fraction of sp³-hybridized carbons (Fsp3) is 0.926. The highest BCUT2D eigenvalue weighted by Gasteiger charge is 2.22. The molecule has 1 radical (unpaired) electrons. The predicted molar refractivity (Wildman–Crippen MR) is 138 cm³/mol. The van der Waals surface area contributed by atoms with E-state index in [4.69, 9.17) is 0 Å². The molecule has 3 fully saturated rings. The van der Waals surface area contributed by atoms with Crippen LogP contribution in [0.1, 0.15) is 135 Å². The summed E-state index contributed by atoms with van der Waals surface area (Å²) in [6.45, 7) is 0. The van der Waals surface area contributed by atoms with E-state index < -0.39 is 0 Å². The lowest BCUT2D eigenvalue weighted by Gasteiger charge is -2.24. The second-order valence-electron chi connectivity index (χ2n) is 11.0. The minimum absolute atomic E-state index is 0.0310. The Balaban J connectivity index is 1.35. The van der Waals surface area contributed by atoms with E-state index in [1.807, 2.05) is 7.28 Å². The second-order valence-corrected chi connectivity index (χ2v) is 11.0. The molecule has 187 valence electrons. The van der Waals surface area contributed by atoms with Gasteiger partial charge >= 0.3 is 6.03 Å². The summed E-state index contributed by atoms with van der Waals surface area (Å²) < 4.78 is 0. The third-order valence-corrected chi connectivity index (χ3v) is 8.12. The quantitative estimate of drug-likeness (QED) is 0.395. The van der Waals surface area contributed by atoms with Gasteiger partial charge in [-0.3, -0.25) is 4.79 Å². The zero-order valence-corrected chi connectivity index (χ0v) is 21.1. The van der Waals surface area contributed by atoms with Crippen molar-refractivity contribution in [2.45, 2.75) is 159 Å². The molecule has 3 aliphatic carbocycles. The van der Waals surface area contributed by atoms with Crippen LogP contribution >= 0.6 is 0 Å². The van der Waals surface area contributed by atoms with Crippen molar-refractivity contribution < 1.29 is 9.59 Å². The summed E-state index contributed by atoms with van der Waals surface area (Å²) in [4.78, 5) is 25.3. The lowest BCUT2D eigenvalue weighted by atomic mass is 9.59. The van der Waals surface area contributed by atoms with Crippen LogP contribution in [0, 0.1) is 0 Å². The highest BCUT2D eigenvalue weighted by atomic mass is 16.2. The molecule has 2 unspecified atom stereocenters. The van der Waals surface area contributed by atoms with E-state index in [1.54, 1.807) is 0 Å². The van der Waals surface area contributed by atoms with Gasteiger partial charge in [0.15, 0.2) is 5.81 Å². The second kappa shape index (κ2) is 15.7. The average molecular weight is 459 g/mol. The Labute approximate surface area is 203 Å². The first-order valence-electron chi connectivity index (χ1n) is 14.4. The molecule has 6 heteroatoms. The van der Waals surface area contributed by atoms with Gasteiger partial charge < -0.3 is 16.0 Å². The molecule has 33 heavy (non-hydrogen) atoms. The molecule has 3 N–H and O–H groups in total. The lowest BCUT2D eigenvalue weighted by molar-refractivity contribution is 0.228. The summed E-state index contributed by atoms with van der Waals surface area (Å²) in [5.74, 6) is 0.615. The highest BCUT2D eigenvalue weighted by molar-refractivity contribution is 6.74. The maximum absolute atomic E-state index is 12.7. The fourth-order valence-corrected chi connectivity index (χ4v) is 6.10. The Morgan fingerprint density at radius 3 is 1.33 bits per heavy atom. The molecule has 3 rings (SSSR count). The van der Waals surface area contributed by atoms with E-state index in [9.17, 15) is 9.59 Å². The maximum atomic E-state index is 12.7. The van der Waals surface area contributed by atoms with Gasteiger partial charge in [-0.2, -0.15) is 0 Å². The molecule has 0 spiro atoms. The Morgan fingerprint density at radius 1 is 0.455 bits per heavy atom. The molecule has 3 amide bonds. The van der Waals surface area contributed by atoms with Crippen molar-refractivity contribution in [2.24, 2.45) is 0 Å². The van der Waals surface area contributed by atoms with Crippen molar-refractivity contribution in [3.8, 4) is 0 Å². The number of hydrogen-bond donors (Lipinski definition) is 3. The molecule has 3 saturated carbocycles. The molecule has 0 aromatic carbocycles. The van der Waals surface area contributed by atoms with Crippen molar-refractivity contribution in [3.63, 3.8) is 0 Å². The zero-order chi connectivity index (χ0) is 23.1. The number of rotatable bonds is 5. The molecular formula is C27H49BN3O2. The van der Waals surface area contributed by atoms with Crippen LogP contribution in [0.3, 0.4) is 0 Å². The number of carbonyl (C=O) groups is 2. The number of hydrogen-bond acceptors (Lipinski definition) is 2. The number of carbonyl (C=O) groups excluding carboxylic acids is 2. The summed E-state index contributed by atoms with van der Waals surface area (Å²) in [5.41, 5.74) is 0. The smallest absolute Gasteiger partial charge is 0.315 e. The number of urea groups is 1. The van der Waals surface area contributed by atoms with Gasteiger partial charge in [-0.1, -0.05) is 95.7 Å². The zero-order valence-electron chi connectivity index (χ0n) is 21.1. The van der Waals surface area contributed by atoms with Crippen LogP contribution in [-0.2, 0) is 0 Å². The molecule has 5 nitrogen and oxygen atoms in total. The summed E-state index contributed by atoms with van der Waals surface area (Å²) in [5, 5.41) is 9.86. The topological polar surface area (TPSA) is 70.2 Å². The molecular weight excluding hydrogens is 409 g/mol. The summed E-state index contributed by atoms with van der Waals surface area (Å²) in [6, 6.07) is 0.915. The molecule has 0 aromatic rings. The maximum Gasteiger partial charge on any atom is 0.315 e. The van der Waals surface area contributed by atoms with Gasteiger partial charge in [0.2, 0.25) is 7.28 Å². The van der Waals surface area contributed by atoms with Gasteiger partial charge in [0.1, 0.15) is 0 Å². The van der Waals surface area contributed by atoms with Crippen LogP contribution in [0.2, 0.25) is 5.82 Å². The Kier molecular flexibility index (Phi) is 12.5. The van der Waals surface area contributed by atoms with Gasteiger partial charge in [-0.15, -0.1) is 0 Å². The first-order valence-corrected chi connectivity index (χ1v) is 14.4. The molecule has 0 heterocycles. The minimum Gasteiger partial charge on any atom is -0.363 e. The van der Waals surface area contributed by atoms with Crippen LogP contribution in [0.15, 0.2) is 0 Å². The van der Waals surface area contributed by atoms with Crippen molar-refractivity contribution in [2.75, 3.05) is 0 Å². The molecule has 3 aliphatic rings. The van der Waals surface area contributed by atoms with Crippen molar-refractivity contribution in [1.29, 1.82) is 0 Å². The molecule has 0 bridgehead atoms. The normalized spacial score (nSPS) is 27.3. The van der Waals surface area contributed by atoms with Gasteiger partial charge in [0.25, 0.3) is 0 Å². The van der Waals surface area contributed by atoms with Crippen LogP contribution in [0.5, 0.6) is 0 Å². The van der Waals surface area contributed by atoms with Gasteiger partial charge in [0, 0.05) is 18.1 Å². The first-order chi connectivity index (χ1) is 16.2. The summed E-state index contributed by atoms with van der Waals surface area (Å²) >= 11 is 0. The molecule has 0 aromatic heterocycles. The molecule has 0 aliphatic heterocycles. The van der Waals surface area contributed by atoms with E-state index in [2.05, 4.69) is 16.0 Å². The van der Waals surface area contributed by atoms with Crippen molar-refractivity contribution in [3.05, 3.63) is 0 Å². The Bertz CT molecular complexity index is 510. The largest absolute Gasteiger partial charge is 0.363 e. The fourth-order valence-electron chi connectivity index (χ4n) is 6.10.